The predicted octanol–water partition coefficient (Wildman–Crippen LogP) is 1.53. The Morgan fingerprint density at radius 1 is 1.46 bits per heavy atom. The molecule has 0 heterocycles. The summed E-state index contributed by atoms with van der Waals surface area (Å²) >= 11 is 0. The highest BCUT2D eigenvalue weighted by Crippen LogP contribution is 2.13. The first-order chi connectivity index (χ1) is 6.06. The molecule has 1 aromatic carbocycles. The van der Waals surface area contributed by atoms with Crippen LogP contribution < -0.4 is 0 Å². The van der Waals surface area contributed by atoms with Gasteiger partial charge >= 0.3 is 5.97 Å². The summed E-state index contributed by atoms with van der Waals surface area (Å²) in [7, 11) is 0. The second kappa shape index (κ2) is 3.19. The van der Waals surface area contributed by atoms with Crippen molar-refractivity contribution in [3.05, 3.63) is 34.9 Å². The Balaban J connectivity index is 3.41. The number of halogens is 2. The van der Waals surface area contributed by atoms with Gasteiger partial charge in [0.25, 0.3) is 0 Å². The normalized spacial score (nSPS) is 9.31. The highest BCUT2D eigenvalue weighted by Gasteiger charge is 2.13. The van der Waals surface area contributed by atoms with E-state index in [0.717, 1.165) is 6.07 Å². The van der Waals surface area contributed by atoms with Crippen molar-refractivity contribution in [2.75, 3.05) is 0 Å². The zero-order valence-corrected chi connectivity index (χ0v) is 6.21. The zero-order chi connectivity index (χ0) is 10.0. The van der Waals surface area contributed by atoms with Gasteiger partial charge in [-0.25, -0.2) is 13.6 Å². The van der Waals surface area contributed by atoms with Gasteiger partial charge in [-0.15, -0.1) is 0 Å². The fraction of sp³-hybridized carbons (Fsp3) is 0. The van der Waals surface area contributed by atoms with Gasteiger partial charge in [-0.2, -0.15) is 5.26 Å². The molecule has 0 radical (unpaired) electrons. The van der Waals surface area contributed by atoms with Crippen molar-refractivity contribution in [3.8, 4) is 6.07 Å². The van der Waals surface area contributed by atoms with Crippen LogP contribution in [-0.2, 0) is 0 Å². The van der Waals surface area contributed by atoms with Crippen LogP contribution in [0.25, 0.3) is 0 Å². The molecule has 0 bridgehead atoms. The number of carboxylic acid groups (broad SMARTS) is 1. The Labute approximate surface area is 71.8 Å². The first-order valence-electron chi connectivity index (χ1n) is 3.18. The van der Waals surface area contributed by atoms with Gasteiger partial charge in [0.15, 0.2) is 11.6 Å². The molecular weight excluding hydrogens is 180 g/mol. The number of carboxylic acids is 1. The van der Waals surface area contributed by atoms with E-state index in [1.54, 1.807) is 0 Å². The van der Waals surface area contributed by atoms with E-state index in [1.165, 1.54) is 6.07 Å². The van der Waals surface area contributed by atoms with Gasteiger partial charge in [-0.3, -0.25) is 0 Å². The molecule has 1 aromatic rings. The van der Waals surface area contributed by atoms with E-state index in [-0.39, 0.29) is 0 Å². The number of benzene rings is 1. The number of rotatable bonds is 1. The minimum Gasteiger partial charge on any atom is -0.478 e. The Morgan fingerprint density at radius 2 is 2.08 bits per heavy atom. The van der Waals surface area contributed by atoms with Gasteiger partial charge < -0.3 is 5.11 Å². The summed E-state index contributed by atoms with van der Waals surface area (Å²) in [4.78, 5) is 10.3. The molecule has 0 fully saturated rings. The van der Waals surface area contributed by atoms with Crippen LogP contribution in [0, 0.1) is 23.0 Å². The number of aromatic carboxylic acids is 1. The molecule has 0 saturated heterocycles. The summed E-state index contributed by atoms with van der Waals surface area (Å²) in [6.45, 7) is 0. The number of carbonyl (C=O) groups is 1. The summed E-state index contributed by atoms with van der Waals surface area (Å²) in [5.74, 6) is -4.07. The lowest BCUT2D eigenvalue weighted by atomic mass is 10.1. The molecule has 0 aliphatic rings. The van der Waals surface area contributed by atoms with Crippen molar-refractivity contribution >= 4 is 5.97 Å². The van der Waals surface area contributed by atoms with Gasteiger partial charge in [-0.05, 0) is 12.1 Å². The standard InChI is InChI=1S/C8H3F2NO2/c9-6-2-4(8(12)13)1-5(3-11)7(6)10/h1-2H,(H,12,13). The van der Waals surface area contributed by atoms with E-state index >= 15 is 0 Å². The van der Waals surface area contributed by atoms with E-state index in [2.05, 4.69) is 0 Å². The maximum atomic E-state index is 12.7. The van der Waals surface area contributed by atoms with Gasteiger partial charge in [0.05, 0.1) is 11.1 Å². The second-order valence-corrected chi connectivity index (χ2v) is 2.24. The van der Waals surface area contributed by atoms with Crippen molar-refractivity contribution in [2.24, 2.45) is 0 Å². The average Bonchev–Trinajstić information content (AvgIpc) is 2.09. The van der Waals surface area contributed by atoms with Crippen LogP contribution in [0.4, 0.5) is 8.78 Å². The van der Waals surface area contributed by atoms with Crippen molar-refractivity contribution in [1.29, 1.82) is 5.26 Å². The minimum absolute atomic E-state index is 0.449. The molecule has 0 atom stereocenters. The van der Waals surface area contributed by atoms with Crippen LogP contribution in [0.15, 0.2) is 12.1 Å². The quantitative estimate of drug-likeness (QED) is 0.718. The Morgan fingerprint density at radius 3 is 2.54 bits per heavy atom. The number of nitriles is 1. The monoisotopic (exact) mass is 183 g/mol. The SMILES string of the molecule is N#Cc1cc(C(=O)O)cc(F)c1F. The fourth-order valence-electron chi connectivity index (χ4n) is 0.794. The van der Waals surface area contributed by atoms with E-state index in [0.29, 0.717) is 6.07 Å². The molecule has 0 spiro atoms. The Bertz CT molecular complexity index is 409. The third-order valence-corrected chi connectivity index (χ3v) is 1.40. The lowest BCUT2D eigenvalue weighted by Gasteiger charge is -1.97. The molecule has 66 valence electrons. The topological polar surface area (TPSA) is 61.1 Å². The largest absolute Gasteiger partial charge is 0.478 e. The summed E-state index contributed by atoms with van der Waals surface area (Å²) in [5, 5.41) is 16.7. The lowest BCUT2D eigenvalue weighted by Crippen LogP contribution is -2.00. The van der Waals surface area contributed by atoms with Gasteiger partial charge in [0.2, 0.25) is 0 Å². The molecular formula is C8H3F2NO2. The van der Waals surface area contributed by atoms with Crippen molar-refractivity contribution in [3.63, 3.8) is 0 Å². The van der Waals surface area contributed by atoms with E-state index in [1.807, 2.05) is 0 Å². The molecule has 3 nitrogen and oxygen atoms in total. The molecule has 0 saturated carbocycles. The van der Waals surface area contributed by atoms with Crippen LogP contribution >= 0.6 is 0 Å². The number of hydrogen-bond acceptors (Lipinski definition) is 2. The van der Waals surface area contributed by atoms with Gasteiger partial charge in [0, 0.05) is 0 Å². The predicted molar refractivity (Wildman–Crippen MR) is 38.0 cm³/mol. The summed E-state index contributed by atoms with van der Waals surface area (Å²) in [6, 6.07) is 2.66. The van der Waals surface area contributed by atoms with Crippen LogP contribution in [0.1, 0.15) is 15.9 Å². The molecule has 5 heteroatoms. The van der Waals surface area contributed by atoms with Crippen molar-refractivity contribution in [2.45, 2.75) is 0 Å². The smallest absolute Gasteiger partial charge is 0.335 e. The molecule has 0 unspecified atom stereocenters. The van der Waals surface area contributed by atoms with Gasteiger partial charge in [0.1, 0.15) is 6.07 Å². The van der Waals surface area contributed by atoms with Crippen molar-refractivity contribution < 1.29 is 18.7 Å². The van der Waals surface area contributed by atoms with E-state index in [9.17, 15) is 13.6 Å². The zero-order valence-electron chi connectivity index (χ0n) is 6.21. The average molecular weight is 183 g/mol. The van der Waals surface area contributed by atoms with Crippen LogP contribution in [-0.4, -0.2) is 11.1 Å². The summed E-state index contributed by atoms with van der Waals surface area (Å²) < 4.78 is 25.3. The van der Waals surface area contributed by atoms with Crippen LogP contribution in [0.5, 0.6) is 0 Å². The molecule has 0 aliphatic carbocycles. The molecule has 0 aliphatic heterocycles. The summed E-state index contributed by atoms with van der Waals surface area (Å²) in [6.07, 6.45) is 0. The Hall–Kier alpha value is -1.96. The summed E-state index contributed by atoms with van der Waals surface area (Å²) in [5.41, 5.74) is -1.06. The lowest BCUT2D eigenvalue weighted by molar-refractivity contribution is 0.0696. The van der Waals surface area contributed by atoms with Crippen LogP contribution in [0.2, 0.25) is 0 Å². The molecule has 0 aromatic heterocycles. The second-order valence-electron chi connectivity index (χ2n) is 2.24. The minimum atomic E-state index is -1.41. The number of nitrogens with zero attached hydrogens (tertiary/aromatic N) is 1. The number of hydrogen-bond donors (Lipinski definition) is 1. The first-order valence-corrected chi connectivity index (χ1v) is 3.18. The third kappa shape index (κ3) is 1.62. The van der Waals surface area contributed by atoms with Crippen molar-refractivity contribution in [1.82, 2.24) is 0 Å². The third-order valence-electron chi connectivity index (χ3n) is 1.40. The maximum absolute atomic E-state index is 12.7. The van der Waals surface area contributed by atoms with Gasteiger partial charge in [-0.1, -0.05) is 0 Å². The fourth-order valence-corrected chi connectivity index (χ4v) is 0.794. The molecule has 13 heavy (non-hydrogen) atoms. The highest BCUT2D eigenvalue weighted by atomic mass is 19.2. The maximum Gasteiger partial charge on any atom is 0.335 e. The first kappa shape index (κ1) is 9.13. The highest BCUT2D eigenvalue weighted by molar-refractivity contribution is 5.88. The van der Waals surface area contributed by atoms with E-state index < -0.39 is 28.7 Å². The molecule has 1 N–H and O–H groups in total. The van der Waals surface area contributed by atoms with Crippen LogP contribution in [0.3, 0.4) is 0 Å². The molecule has 0 amide bonds. The Kier molecular flexibility index (Phi) is 2.24. The van der Waals surface area contributed by atoms with E-state index in [4.69, 9.17) is 10.4 Å². The molecule has 1 rings (SSSR count).